The van der Waals surface area contributed by atoms with Gasteiger partial charge in [0.15, 0.2) is 5.82 Å². The minimum absolute atomic E-state index is 0.0728. The number of aromatic nitrogens is 2. The summed E-state index contributed by atoms with van der Waals surface area (Å²) in [6, 6.07) is 4.02. The molecular formula is C16H18F2N4O. The van der Waals surface area contributed by atoms with Crippen molar-refractivity contribution in [3.63, 3.8) is 0 Å². The first-order valence-corrected chi connectivity index (χ1v) is 7.83. The van der Waals surface area contributed by atoms with E-state index in [1.54, 1.807) is 0 Å². The molecule has 1 aliphatic carbocycles. The first-order chi connectivity index (χ1) is 11.1. The van der Waals surface area contributed by atoms with Crippen LogP contribution in [0, 0.1) is 11.6 Å². The highest BCUT2D eigenvalue weighted by molar-refractivity contribution is 5.33. The Morgan fingerprint density at radius 2 is 2.04 bits per heavy atom. The fourth-order valence-corrected chi connectivity index (χ4v) is 3.28. The maximum Gasteiger partial charge on any atom is 0.230 e. The minimum atomic E-state index is -0.506. The van der Waals surface area contributed by atoms with E-state index in [9.17, 15) is 8.78 Å². The smallest absolute Gasteiger partial charge is 0.230 e. The van der Waals surface area contributed by atoms with Crippen LogP contribution < -0.4 is 5.32 Å². The van der Waals surface area contributed by atoms with Crippen LogP contribution in [0.25, 0.3) is 0 Å². The third kappa shape index (κ3) is 2.64. The predicted molar refractivity (Wildman–Crippen MR) is 79.0 cm³/mol. The molecule has 1 saturated carbocycles. The second kappa shape index (κ2) is 5.65. The molecule has 1 aromatic carbocycles. The molecule has 2 fully saturated rings. The lowest BCUT2D eigenvalue weighted by molar-refractivity contribution is 0.190. The number of halogens is 2. The highest BCUT2D eigenvalue weighted by atomic mass is 19.1. The molecule has 0 radical (unpaired) electrons. The van der Waals surface area contributed by atoms with Gasteiger partial charge in [0.2, 0.25) is 5.89 Å². The molecule has 2 heterocycles. The van der Waals surface area contributed by atoms with E-state index < -0.39 is 11.6 Å². The van der Waals surface area contributed by atoms with Gasteiger partial charge in [0, 0.05) is 37.0 Å². The molecule has 1 aromatic heterocycles. The van der Waals surface area contributed by atoms with Crippen LogP contribution in [0.3, 0.4) is 0 Å². The summed E-state index contributed by atoms with van der Waals surface area (Å²) in [6.07, 6.45) is 0.637. The zero-order valence-electron chi connectivity index (χ0n) is 12.8. The molecule has 0 spiro atoms. The zero-order valence-corrected chi connectivity index (χ0v) is 12.8. The van der Waals surface area contributed by atoms with Gasteiger partial charge in [0.25, 0.3) is 0 Å². The van der Waals surface area contributed by atoms with Gasteiger partial charge in [-0.15, -0.1) is 0 Å². The van der Waals surface area contributed by atoms with Crippen LogP contribution in [0.4, 0.5) is 8.78 Å². The van der Waals surface area contributed by atoms with Crippen molar-refractivity contribution in [3.8, 4) is 0 Å². The van der Waals surface area contributed by atoms with E-state index in [-0.39, 0.29) is 23.4 Å². The lowest BCUT2D eigenvalue weighted by atomic mass is 10.1. The Morgan fingerprint density at radius 1 is 1.26 bits per heavy atom. The fraction of sp³-hybridized carbons (Fsp3) is 0.500. The van der Waals surface area contributed by atoms with Crippen LogP contribution in [0.5, 0.6) is 0 Å². The summed E-state index contributed by atoms with van der Waals surface area (Å²) in [7, 11) is 2.02. The van der Waals surface area contributed by atoms with E-state index in [0.29, 0.717) is 18.1 Å². The van der Waals surface area contributed by atoms with Crippen molar-refractivity contribution >= 4 is 0 Å². The van der Waals surface area contributed by atoms with E-state index in [0.717, 1.165) is 19.6 Å². The molecule has 3 unspecified atom stereocenters. The molecule has 5 nitrogen and oxygen atoms in total. The van der Waals surface area contributed by atoms with E-state index in [1.165, 1.54) is 18.2 Å². The fourth-order valence-electron chi connectivity index (χ4n) is 3.28. The molecule has 1 aliphatic heterocycles. The Balaban J connectivity index is 1.53. The summed E-state index contributed by atoms with van der Waals surface area (Å²) in [5.41, 5.74) is 0.133. The Morgan fingerprint density at radius 3 is 2.78 bits per heavy atom. The molecule has 7 heteroatoms. The van der Waals surface area contributed by atoms with Gasteiger partial charge < -0.3 is 9.84 Å². The monoisotopic (exact) mass is 320 g/mol. The van der Waals surface area contributed by atoms with Gasteiger partial charge in [-0.05, 0) is 25.6 Å². The van der Waals surface area contributed by atoms with Gasteiger partial charge in [-0.25, -0.2) is 8.78 Å². The SMILES string of the molecule is CN1CCNCC1c1noc(C2CC2c2c(F)cccc2F)n1. The number of nitrogens with zero attached hydrogens (tertiary/aromatic N) is 3. The van der Waals surface area contributed by atoms with E-state index in [1.807, 2.05) is 7.05 Å². The first kappa shape index (κ1) is 14.7. The normalized spacial score (nSPS) is 28.0. The number of piperazine rings is 1. The molecule has 122 valence electrons. The summed E-state index contributed by atoms with van der Waals surface area (Å²) in [5.74, 6) is -0.209. The molecule has 4 rings (SSSR count). The van der Waals surface area contributed by atoms with Crippen molar-refractivity contribution in [3.05, 3.63) is 47.1 Å². The molecular weight excluding hydrogens is 302 g/mol. The van der Waals surface area contributed by atoms with Gasteiger partial charge >= 0.3 is 0 Å². The van der Waals surface area contributed by atoms with Crippen LogP contribution >= 0.6 is 0 Å². The van der Waals surface area contributed by atoms with Gasteiger partial charge in [0.1, 0.15) is 11.6 Å². The molecule has 1 N–H and O–H groups in total. The average Bonchev–Trinajstić information content (AvgIpc) is 3.15. The van der Waals surface area contributed by atoms with Crippen molar-refractivity contribution in [2.45, 2.75) is 24.3 Å². The van der Waals surface area contributed by atoms with Crippen molar-refractivity contribution in [2.24, 2.45) is 0 Å². The van der Waals surface area contributed by atoms with E-state index in [2.05, 4.69) is 20.4 Å². The van der Waals surface area contributed by atoms with Crippen LogP contribution in [-0.2, 0) is 0 Å². The second-order valence-electron chi connectivity index (χ2n) is 6.28. The Labute approximate surface area is 132 Å². The molecule has 1 saturated heterocycles. The van der Waals surface area contributed by atoms with Crippen molar-refractivity contribution in [1.29, 1.82) is 0 Å². The minimum Gasteiger partial charge on any atom is -0.339 e. The summed E-state index contributed by atoms with van der Waals surface area (Å²) in [5, 5.41) is 7.37. The molecule has 23 heavy (non-hydrogen) atoms. The second-order valence-corrected chi connectivity index (χ2v) is 6.28. The molecule has 2 aliphatic rings. The number of hydrogen-bond donors (Lipinski definition) is 1. The summed E-state index contributed by atoms with van der Waals surface area (Å²) in [4.78, 5) is 6.65. The van der Waals surface area contributed by atoms with Gasteiger partial charge in [-0.3, -0.25) is 4.90 Å². The maximum absolute atomic E-state index is 13.9. The number of hydrogen-bond acceptors (Lipinski definition) is 5. The van der Waals surface area contributed by atoms with Crippen molar-refractivity contribution in [2.75, 3.05) is 26.7 Å². The van der Waals surface area contributed by atoms with Gasteiger partial charge in [0.05, 0.1) is 6.04 Å². The largest absolute Gasteiger partial charge is 0.339 e. The lowest BCUT2D eigenvalue weighted by Gasteiger charge is -2.30. The number of nitrogens with one attached hydrogen (secondary N) is 1. The molecule has 3 atom stereocenters. The molecule has 0 amide bonds. The number of likely N-dealkylation sites (N-methyl/N-ethyl adjacent to an activating group) is 1. The number of benzene rings is 1. The third-order valence-corrected chi connectivity index (χ3v) is 4.74. The summed E-state index contributed by atoms with van der Waals surface area (Å²) < 4.78 is 33.1. The average molecular weight is 320 g/mol. The quantitative estimate of drug-likeness (QED) is 0.939. The van der Waals surface area contributed by atoms with Crippen LogP contribution in [0.15, 0.2) is 22.7 Å². The molecule has 0 bridgehead atoms. The lowest BCUT2D eigenvalue weighted by Crippen LogP contribution is -2.44. The highest BCUT2D eigenvalue weighted by Gasteiger charge is 2.46. The standard InChI is InChI=1S/C16H18F2N4O/c1-22-6-5-19-8-13(22)15-20-16(23-21-15)10-7-9(10)14-11(17)3-2-4-12(14)18/h2-4,9-10,13,19H,5-8H2,1H3. The van der Waals surface area contributed by atoms with Gasteiger partial charge in [-0.1, -0.05) is 11.2 Å². The van der Waals surface area contributed by atoms with Crippen LogP contribution in [0.1, 0.15) is 41.6 Å². The summed E-state index contributed by atoms with van der Waals surface area (Å²) in [6.45, 7) is 2.63. The van der Waals surface area contributed by atoms with Crippen LogP contribution in [0.2, 0.25) is 0 Å². The van der Waals surface area contributed by atoms with Crippen molar-refractivity contribution in [1.82, 2.24) is 20.4 Å². The third-order valence-electron chi connectivity index (χ3n) is 4.74. The van der Waals surface area contributed by atoms with Crippen molar-refractivity contribution < 1.29 is 13.3 Å². The molecule has 2 aromatic rings. The Kier molecular flexibility index (Phi) is 3.61. The van der Waals surface area contributed by atoms with E-state index in [4.69, 9.17) is 4.52 Å². The topological polar surface area (TPSA) is 54.2 Å². The number of rotatable bonds is 3. The predicted octanol–water partition coefficient (Wildman–Crippen LogP) is 2.19. The maximum atomic E-state index is 13.9. The van der Waals surface area contributed by atoms with E-state index >= 15 is 0 Å². The Hall–Kier alpha value is -1.86. The highest BCUT2D eigenvalue weighted by Crippen LogP contribution is 2.55. The first-order valence-electron chi connectivity index (χ1n) is 7.83. The summed E-state index contributed by atoms with van der Waals surface area (Å²) >= 11 is 0. The van der Waals surface area contributed by atoms with Gasteiger partial charge in [-0.2, -0.15) is 4.98 Å². The van der Waals surface area contributed by atoms with Crippen LogP contribution in [-0.4, -0.2) is 41.7 Å². The Bertz CT molecular complexity index is 700. The zero-order chi connectivity index (χ0) is 16.0.